The highest BCUT2D eigenvalue weighted by molar-refractivity contribution is 6.01. The first-order valence-electron chi connectivity index (χ1n) is 12.4. The Hall–Kier alpha value is -4.15. The number of aromatic nitrogens is 3. The first-order chi connectivity index (χ1) is 18.2. The SMILES string of the molecule is C=CC(=O)Nc1ccccc1Nc1nc(CCCc2cc(N3CCCCC3)[nH]c(=O)c2)ncc1C(F)(F)F. The van der Waals surface area contributed by atoms with Gasteiger partial charge in [-0.15, -0.1) is 0 Å². The first kappa shape index (κ1) is 26.9. The molecular formula is C27H29F3N6O2. The van der Waals surface area contributed by atoms with Crippen LogP contribution in [0.3, 0.4) is 0 Å². The lowest BCUT2D eigenvalue weighted by atomic mass is 10.1. The molecule has 0 unspecified atom stereocenters. The Labute approximate surface area is 218 Å². The van der Waals surface area contributed by atoms with Crippen LogP contribution in [0.1, 0.15) is 42.6 Å². The van der Waals surface area contributed by atoms with Gasteiger partial charge in [0.1, 0.15) is 23.0 Å². The smallest absolute Gasteiger partial charge is 0.358 e. The number of amides is 1. The summed E-state index contributed by atoms with van der Waals surface area (Å²) in [4.78, 5) is 37.1. The number of carbonyl (C=O) groups excluding carboxylic acids is 1. The van der Waals surface area contributed by atoms with Crippen LogP contribution >= 0.6 is 0 Å². The van der Waals surface area contributed by atoms with Gasteiger partial charge in [0.25, 0.3) is 0 Å². The summed E-state index contributed by atoms with van der Waals surface area (Å²) in [7, 11) is 0. The third-order valence-corrected chi connectivity index (χ3v) is 6.22. The average Bonchev–Trinajstić information content (AvgIpc) is 2.89. The molecular weight excluding hydrogens is 497 g/mol. The van der Waals surface area contributed by atoms with E-state index in [1.54, 1.807) is 24.3 Å². The molecule has 0 spiro atoms. The Kier molecular flexibility index (Phi) is 8.45. The Balaban J connectivity index is 1.50. The first-order valence-corrected chi connectivity index (χ1v) is 12.4. The zero-order valence-corrected chi connectivity index (χ0v) is 20.8. The molecule has 38 heavy (non-hydrogen) atoms. The summed E-state index contributed by atoms with van der Waals surface area (Å²) in [5.74, 6) is 0.120. The zero-order valence-electron chi connectivity index (χ0n) is 20.8. The van der Waals surface area contributed by atoms with E-state index in [9.17, 15) is 22.8 Å². The lowest BCUT2D eigenvalue weighted by Gasteiger charge is -2.28. The molecule has 1 saturated heterocycles. The number of piperidine rings is 1. The van der Waals surface area contributed by atoms with Crippen molar-refractivity contribution in [2.45, 2.75) is 44.7 Å². The molecule has 0 bridgehead atoms. The second-order valence-corrected chi connectivity index (χ2v) is 9.05. The van der Waals surface area contributed by atoms with Crippen LogP contribution in [-0.4, -0.2) is 33.9 Å². The fourth-order valence-electron chi connectivity index (χ4n) is 4.34. The summed E-state index contributed by atoms with van der Waals surface area (Å²) >= 11 is 0. The van der Waals surface area contributed by atoms with Gasteiger partial charge >= 0.3 is 6.18 Å². The maximum atomic E-state index is 13.7. The van der Waals surface area contributed by atoms with Crippen molar-refractivity contribution < 1.29 is 18.0 Å². The number of para-hydroxylation sites is 2. The van der Waals surface area contributed by atoms with Crippen LogP contribution in [0.2, 0.25) is 0 Å². The maximum absolute atomic E-state index is 13.7. The average molecular weight is 527 g/mol. The van der Waals surface area contributed by atoms with Gasteiger partial charge in [-0.1, -0.05) is 18.7 Å². The number of carbonyl (C=O) groups is 1. The molecule has 11 heteroatoms. The number of aryl methyl sites for hydroxylation is 2. The number of nitrogens with zero attached hydrogens (tertiary/aromatic N) is 3. The number of benzene rings is 1. The van der Waals surface area contributed by atoms with Gasteiger partial charge < -0.3 is 20.5 Å². The maximum Gasteiger partial charge on any atom is 0.421 e. The Morgan fingerprint density at radius 2 is 1.84 bits per heavy atom. The highest BCUT2D eigenvalue weighted by Crippen LogP contribution is 2.36. The van der Waals surface area contributed by atoms with Crippen LogP contribution in [0.5, 0.6) is 0 Å². The molecule has 0 saturated carbocycles. The van der Waals surface area contributed by atoms with Crippen molar-refractivity contribution in [3.05, 3.63) is 82.6 Å². The van der Waals surface area contributed by atoms with Gasteiger partial charge in [0.05, 0.1) is 11.4 Å². The van der Waals surface area contributed by atoms with Crippen molar-refractivity contribution in [3.8, 4) is 0 Å². The number of rotatable bonds is 9. The predicted molar refractivity (Wildman–Crippen MR) is 141 cm³/mol. The van der Waals surface area contributed by atoms with Gasteiger partial charge in [-0.25, -0.2) is 9.97 Å². The summed E-state index contributed by atoms with van der Waals surface area (Å²) in [5, 5.41) is 5.27. The van der Waals surface area contributed by atoms with E-state index in [1.165, 1.54) is 12.5 Å². The molecule has 200 valence electrons. The minimum absolute atomic E-state index is 0.178. The van der Waals surface area contributed by atoms with E-state index in [4.69, 9.17) is 0 Å². The third kappa shape index (κ3) is 6.99. The number of halogens is 3. The summed E-state index contributed by atoms with van der Waals surface area (Å²) in [5.41, 5.74) is 0.178. The minimum Gasteiger partial charge on any atom is -0.358 e. The number of nitrogens with one attached hydrogen (secondary N) is 3. The number of anilines is 4. The van der Waals surface area contributed by atoms with E-state index >= 15 is 0 Å². The Morgan fingerprint density at radius 1 is 1.11 bits per heavy atom. The van der Waals surface area contributed by atoms with Crippen molar-refractivity contribution in [1.82, 2.24) is 15.0 Å². The van der Waals surface area contributed by atoms with Crippen molar-refractivity contribution >= 4 is 28.9 Å². The highest BCUT2D eigenvalue weighted by atomic mass is 19.4. The molecule has 3 heterocycles. The molecule has 4 rings (SSSR count). The molecule has 1 aromatic carbocycles. The monoisotopic (exact) mass is 526 g/mol. The molecule has 0 radical (unpaired) electrons. The van der Waals surface area contributed by atoms with Gasteiger partial charge in [-0.05, 0) is 61.9 Å². The number of hydrogen-bond acceptors (Lipinski definition) is 6. The van der Waals surface area contributed by atoms with Crippen molar-refractivity contribution in [3.63, 3.8) is 0 Å². The second-order valence-electron chi connectivity index (χ2n) is 9.05. The summed E-state index contributed by atoms with van der Waals surface area (Å²) in [6, 6.07) is 9.86. The number of pyridine rings is 1. The minimum atomic E-state index is -4.68. The summed E-state index contributed by atoms with van der Waals surface area (Å²) < 4.78 is 41.1. The van der Waals surface area contributed by atoms with Crippen molar-refractivity contribution in [1.29, 1.82) is 0 Å². The molecule has 3 N–H and O–H groups in total. The second kappa shape index (κ2) is 11.9. The largest absolute Gasteiger partial charge is 0.421 e. The van der Waals surface area contributed by atoms with Crippen LogP contribution in [0.4, 0.5) is 36.2 Å². The molecule has 3 aromatic rings. The number of H-pyrrole nitrogens is 1. The van der Waals surface area contributed by atoms with Gasteiger partial charge in [0, 0.05) is 31.8 Å². The van der Waals surface area contributed by atoms with Crippen molar-refractivity contribution in [2.24, 2.45) is 0 Å². The van der Waals surface area contributed by atoms with Crippen LogP contribution < -0.4 is 21.1 Å². The van der Waals surface area contributed by atoms with Crippen LogP contribution in [0.25, 0.3) is 0 Å². The standard InChI is InChI=1S/C27H29F3N6O2/c1-2-24(37)32-20-10-4-5-11-21(20)33-26-19(27(28,29)30)17-31-22(34-26)12-8-9-18-15-23(35-25(38)16-18)36-13-6-3-7-14-36/h2,4-5,10-11,15-17H,1,3,6-9,12-14H2,(H,32,37)(H,35,38)(H,31,33,34). The van der Waals surface area contributed by atoms with Gasteiger partial charge in [-0.3, -0.25) is 9.59 Å². The topological polar surface area (TPSA) is 103 Å². The van der Waals surface area contributed by atoms with Crippen LogP contribution in [0.15, 0.2) is 60.0 Å². The fraction of sp³-hybridized carbons (Fsp3) is 0.333. The quantitative estimate of drug-likeness (QED) is 0.331. The number of aromatic amines is 1. The molecule has 0 aliphatic carbocycles. The van der Waals surface area contributed by atoms with Crippen LogP contribution in [-0.2, 0) is 23.8 Å². The summed E-state index contributed by atoms with van der Waals surface area (Å²) in [6.45, 7) is 5.18. The Morgan fingerprint density at radius 3 is 2.55 bits per heavy atom. The lowest BCUT2D eigenvalue weighted by molar-refractivity contribution is -0.137. The van der Waals surface area contributed by atoms with Crippen LogP contribution in [0, 0.1) is 0 Å². The van der Waals surface area contributed by atoms with Crippen molar-refractivity contribution in [2.75, 3.05) is 28.6 Å². The van der Waals surface area contributed by atoms with E-state index in [2.05, 4.69) is 37.1 Å². The lowest BCUT2D eigenvalue weighted by Crippen LogP contribution is -2.31. The molecule has 1 aliphatic heterocycles. The third-order valence-electron chi connectivity index (χ3n) is 6.22. The molecule has 1 fully saturated rings. The number of hydrogen-bond donors (Lipinski definition) is 3. The molecule has 1 amide bonds. The van der Waals surface area contributed by atoms with Gasteiger partial charge in [0.15, 0.2) is 0 Å². The molecule has 0 atom stereocenters. The Bertz CT molecular complexity index is 1350. The van der Waals surface area contributed by atoms with E-state index in [-0.39, 0.29) is 22.8 Å². The zero-order chi connectivity index (χ0) is 27.1. The molecule has 2 aromatic heterocycles. The predicted octanol–water partition coefficient (Wildman–Crippen LogP) is 5.22. The van der Waals surface area contributed by atoms with Gasteiger partial charge in [-0.2, -0.15) is 13.2 Å². The highest BCUT2D eigenvalue weighted by Gasteiger charge is 2.35. The van der Waals surface area contributed by atoms with E-state index in [0.717, 1.165) is 49.6 Å². The normalized spacial score (nSPS) is 13.7. The molecule has 8 nitrogen and oxygen atoms in total. The van der Waals surface area contributed by atoms with Gasteiger partial charge in [0.2, 0.25) is 11.5 Å². The summed E-state index contributed by atoms with van der Waals surface area (Å²) in [6.07, 6.45) is 1.89. The number of alkyl halides is 3. The van der Waals surface area contributed by atoms with E-state index in [1.807, 2.05) is 6.07 Å². The fourth-order valence-corrected chi connectivity index (χ4v) is 4.34. The van der Waals surface area contributed by atoms with E-state index < -0.39 is 23.5 Å². The molecule has 1 aliphatic rings. The van der Waals surface area contributed by atoms with E-state index in [0.29, 0.717) is 19.3 Å².